The molecular weight excluding hydrogens is 320 g/mol. The number of hydrogen-bond acceptors (Lipinski definition) is 6. The molecule has 1 fully saturated rings. The highest BCUT2D eigenvalue weighted by molar-refractivity contribution is 7.16. The Morgan fingerprint density at radius 3 is 2.75 bits per heavy atom. The zero-order valence-electron chi connectivity index (χ0n) is 15.2. The Morgan fingerprint density at radius 1 is 1.29 bits per heavy atom. The van der Waals surface area contributed by atoms with E-state index in [4.69, 9.17) is 9.72 Å². The Morgan fingerprint density at radius 2 is 2.04 bits per heavy atom. The van der Waals surface area contributed by atoms with Crippen LogP contribution in [-0.4, -0.2) is 61.3 Å². The third kappa shape index (κ3) is 4.05. The van der Waals surface area contributed by atoms with Gasteiger partial charge in [0.25, 0.3) is 0 Å². The second kappa shape index (κ2) is 7.33. The Kier molecular flexibility index (Phi) is 5.37. The fraction of sp³-hybridized carbons (Fsp3) is 0.667. The minimum Gasteiger partial charge on any atom is -0.379 e. The smallest absolute Gasteiger partial charge is 0.140 e. The molecule has 24 heavy (non-hydrogen) atoms. The van der Waals surface area contributed by atoms with E-state index in [0.29, 0.717) is 0 Å². The number of fused-ring (bicyclic) bond motifs is 1. The summed E-state index contributed by atoms with van der Waals surface area (Å²) >= 11 is 1.69. The largest absolute Gasteiger partial charge is 0.379 e. The normalized spacial score (nSPS) is 16.7. The minimum atomic E-state index is 0.186. The molecule has 3 heterocycles. The lowest BCUT2D eigenvalue weighted by Gasteiger charge is -2.37. The topological polar surface area (TPSA) is 41.5 Å². The molecule has 132 valence electrons. The molecule has 0 aliphatic carbocycles. The predicted octanol–water partition coefficient (Wildman–Crippen LogP) is 3.05. The zero-order valence-corrected chi connectivity index (χ0v) is 16.0. The van der Waals surface area contributed by atoms with Gasteiger partial charge < -0.3 is 9.64 Å². The van der Waals surface area contributed by atoms with Crippen LogP contribution in [0.3, 0.4) is 0 Å². The Hall–Kier alpha value is -1.24. The molecule has 2 aromatic heterocycles. The van der Waals surface area contributed by atoms with Gasteiger partial charge in [-0.25, -0.2) is 9.97 Å². The van der Waals surface area contributed by atoms with Crippen molar-refractivity contribution >= 4 is 27.4 Å². The first-order chi connectivity index (χ1) is 11.5. The van der Waals surface area contributed by atoms with Gasteiger partial charge in [0.05, 0.1) is 18.6 Å². The van der Waals surface area contributed by atoms with Crippen LogP contribution in [0.15, 0.2) is 11.4 Å². The van der Waals surface area contributed by atoms with Crippen LogP contribution in [0.1, 0.15) is 26.6 Å². The van der Waals surface area contributed by atoms with Crippen molar-refractivity contribution < 1.29 is 4.74 Å². The molecule has 1 saturated heterocycles. The average Bonchev–Trinajstić information content (AvgIpc) is 3.02. The number of thiophene rings is 1. The van der Waals surface area contributed by atoms with Crippen LogP contribution in [0.25, 0.3) is 10.2 Å². The Labute approximate surface area is 148 Å². The number of morpholine rings is 1. The Balaban J connectivity index is 1.75. The van der Waals surface area contributed by atoms with Crippen LogP contribution >= 0.6 is 11.3 Å². The van der Waals surface area contributed by atoms with E-state index in [1.165, 1.54) is 5.39 Å². The van der Waals surface area contributed by atoms with Gasteiger partial charge in [0.15, 0.2) is 0 Å². The minimum absolute atomic E-state index is 0.186. The Bertz CT molecular complexity index is 679. The first-order valence-electron chi connectivity index (χ1n) is 8.74. The number of ether oxygens (including phenoxy) is 1. The van der Waals surface area contributed by atoms with Gasteiger partial charge in [-0.2, -0.15) is 0 Å². The number of anilines is 1. The summed E-state index contributed by atoms with van der Waals surface area (Å²) in [5.74, 6) is 1.99. The van der Waals surface area contributed by atoms with Crippen molar-refractivity contribution in [3.8, 4) is 0 Å². The molecule has 0 amide bonds. The van der Waals surface area contributed by atoms with Gasteiger partial charge in [0.2, 0.25) is 0 Å². The van der Waals surface area contributed by atoms with Gasteiger partial charge in [0.1, 0.15) is 16.5 Å². The van der Waals surface area contributed by atoms with Crippen molar-refractivity contribution in [3.05, 3.63) is 17.3 Å². The molecule has 6 heteroatoms. The van der Waals surface area contributed by atoms with Crippen molar-refractivity contribution in [3.63, 3.8) is 0 Å². The predicted molar refractivity (Wildman–Crippen MR) is 101 cm³/mol. The van der Waals surface area contributed by atoms with Crippen molar-refractivity contribution in [1.82, 2.24) is 14.9 Å². The molecule has 0 spiro atoms. The van der Waals surface area contributed by atoms with E-state index < -0.39 is 0 Å². The second-order valence-electron chi connectivity index (χ2n) is 7.37. The van der Waals surface area contributed by atoms with Crippen molar-refractivity contribution in [2.45, 2.75) is 27.2 Å². The summed E-state index contributed by atoms with van der Waals surface area (Å²) < 4.78 is 5.46. The first kappa shape index (κ1) is 17.6. The number of hydrogen-bond donors (Lipinski definition) is 0. The molecule has 0 N–H and O–H groups in total. The lowest BCUT2D eigenvalue weighted by molar-refractivity contribution is 0.0223. The van der Waals surface area contributed by atoms with Crippen LogP contribution < -0.4 is 4.90 Å². The lowest BCUT2D eigenvalue weighted by Crippen LogP contribution is -2.45. The van der Waals surface area contributed by atoms with E-state index in [0.717, 1.165) is 62.3 Å². The molecule has 0 saturated carbocycles. The van der Waals surface area contributed by atoms with E-state index in [9.17, 15) is 0 Å². The average molecular weight is 349 g/mol. The number of aryl methyl sites for hydroxylation is 1. The molecule has 0 radical (unpaired) electrons. The van der Waals surface area contributed by atoms with Crippen molar-refractivity contribution in [2.75, 3.05) is 51.3 Å². The summed E-state index contributed by atoms with van der Waals surface area (Å²) in [7, 11) is 2.15. The molecular formula is C18H28N4OS. The summed E-state index contributed by atoms with van der Waals surface area (Å²) in [5.41, 5.74) is 0.186. The summed E-state index contributed by atoms with van der Waals surface area (Å²) in [6, 6.07) is 2.14. The summed E-state index contributed by atoms with van der Waals surface area (Å²) in [6.07, 6.45) is 0.867. The van der Waals surface area contributed by atoms with Crippen LogP contribution in [0, 0.1) is 5.41 Å². The van der Waals surface area contributed by atoms with Crippen LogP contribution in [0.4, 0.5) is 5.82 Å². The van der Waals surface area contributed by atoms with Crippen molar-refractivity contribution in [2.24, 2.45) is 5.41 Å². The maximum atomic E-state index is 5.46. The highest BCUT2D eigenvalue weighted by atomic mass is 32.1. The third-order valence-corrected chi connectivity index (χ3v) is 5.26. The zero-order chi connectivity index (χ0) is 17.2. The molecule has 0 unspecified atom stereocenters. The SMILES string of the molecule is CCc1nc(N(C)CC(C)(C)CN2CCOCC2)c2ccsc2n1. The van der Waals surface area contributed by atoms with Gasteiger partial charge >= 0.3 is 0 Å². The molecule has 1 aliphatic rings. The number of aromatic nitrogens is 2. The quantitative estimate of drug-likeness (QED) is 0.802. The fourth-order valence-corrected chi connectivity index (χ4v) is 4.24. The standard InChI is InChI=1S/C18H28N4OS/c1-5-15-19-16(14-6-11-24-17(14)20-15)21(4)12-18(2,3)13-22-7-9-23-10-8-22/h6,11H,5,7-10,12-13H2,1-4H3. The second-order valence-corrected chi connectivity index (χ2v) is 8.26. The maximum absolute atomic E-state index is 5.46. The molecule has 0 aromatic carbocycles. The first-order valence-corrected chi connectivity index (χ1v) is 9.62. The molecule has 2 aromatic rings. The number of rotatable bonds is 6. The maximum Gasteiger partial charge on any atom is 0.140 e. The van der Waals surface area contributed by atoms with E-state index >= 15 is 0 Å². The molecule has 5 nitrogen and oxygen atoms in total. The fourth-order valence-electron chi connectivity index (χ4n) is 3.46. The molecule has 3 rings (SSSR count). The molecule has 0 atom stereocenters. The van der Waals surface area contributed by atoms with Gasteiger partial charge in [-0.05, 0) is 16.9 Å². The van der Waals surface area contributed by atoms with Crippen LogP contribution in [-0.2, 0) is 11.2 Å². The molecule has 0 bridgehead atoms. The summed E-state index contributed by atoms with van der Waals surface area (Å²) in [4.78, 5) is 15.4. The summed E-state index contributed by atoms with van der Waals surface area (Å²) in [5, 5.41) is 3.27. The van der Waals surface area contributed by atoms with Crippen LogP contribution in [0.5, 0.6) is 0 Å². The van der Waals surface area contributed by atoms with E-state index in [1.807, 2.05) is 0 Å². The highest BCUT2D eigenvalue weighted by Gasteiger charge is 2.26. The van der Waals surface area contributed by atoms with Gasteiger partial charge in [-0.3, -0.25) is 4.90 Å². The van der Waals surface area contributed by atoms with E-state index in [2.05, 4.69) is 54.0 Å². The van der Waals surface area contributed by atoms with Gasteiger partial charge in [0, 0.05) is 39.6 Å². The number of nitrogens with zero attached hydrogens (tertiary/aromatic N) is 4. The van der Waals surface area contributed by atoms with E-state index in [1.54, 1.807) is 11.3 Å². The monoisotopic (exact) mass is 348 g/mol. The van der Waals surface area contributed by atoms with Crippen LogP contribution in [0.2, 0.25) is 0 Å². The van der Waals surface area contributed by atoms with Crippen molar-refractivity contribution in [1.29, 1.82) is 0 Å². The summed E-state index contributed by atoms with van der Waals surface area (Å²) in [6.45, 7) is 12.6. The van der Waals surface area contributed by atoms with Gasteiger partial charge in [-0.15, -0.1) is 11.3 Å². The molecule has 1 aliphatic heterocycles. The highest BCUT2D eigenvalue weighted by Crippen LogP contribution is 2.29. The lowest BCUT2D eigenvalue weighted by atomic mass is 9.91. The van der Waals surface area contributed by atoms with Gasteiger partial charge in [-0.1, -0.05) is 20.8 Å². The van der Waals surface area contributed by atoms with E-state index in [-0.39, 0.29) is 5.41 Å². The third-order valence-electron chi connectivity index (χ3n) is 4.45.